The molecular weight excluding hydrogens is 496 g/mol. The average molecular weight is 553 g/mol. The second-order valence-corrected chi connectivity index (χ2v) is 13.5. The topological polar surface area (TPSA) is 17.1 Å². The Kier molecular flexibility index (Phi) is 13.3. The first-order valence-electron chi connectivity index (χ1n) is 15.6. The molecule has 0 aromatic carbocycles. The van der Waals surface area contributed by atoms with Crippen LogP contribution in [0, 0.1) is 10.8 Å². The predicted octanol–water partition coefficient (Wildman–Crippen LogP) is 12.0. The van der Waals surface area contributed by atoms with E-state index in [2.05, 4.69) is 135 Å². The molecule has 0 unspecified atom stereocenters. The second-order valence-electron chi connectivity index (χ2n) is 13.5. The largest absolute Gasteiger partial charge is 0.295 e. The standard InChI is InChI=1S/C40H56O/c1-30(18-13-20-32(3)23-25-36-34(5)22-15-28-39(36,7)8)16-11-12-17-31(2)19-14-21-33(4)24-26-37-35(6)38(41)27-29-40(37,9)10/h11-12,14,16-17,19-21,23-26H,13,15,18,22,27-29H2,1-10H3/b12-11+,19-14+,25-23+,26-24+,30-16+,31-17+,32-20+,33-21+. The predicted molar refractivity (Wildman–Crippen MR) is 182 cm³/mol. The van der Waals surface area contributed by atoms with Crippen LogP contribution in [0.5, 0.6) is 0 Å². The van der Waals surface area contributed by atoms with Crippen molar-refractivity contribution >= 4 is 5.78 Å². The van der Waals surface area contributed by atoms with Crippen molar-refractivity contribution in [1.82, 2.24) is 0 Å². The first-order valence-corrected chi connectivity index (χ1v) is 15.6. The van der Waals surface area contributed by atoms with Gasteiger partial charge in [-0.2, -0.15) is 0 Å². The number of Topliss-reactive ketones (excluding diaryl/α,β-unsaturated/α-hetero) is 1. The normalized spacial score (nSPS) is 21.6. The highest BCUT2D eigenvalue weighted by atomic mass is 16.1. The monoisotopic (exact) mass is 552 g/mol. The lowest BCUT2D eigenvalue weighted by atomic mass is 9.72. The Labute approximate surface area is 252 Å². The maximum Gasteiger partial charge on any atom is 0.158 e. The van der Waals surface area contributed by atoms with Crippen LogP contribution in [0.2, 0.25) is 0 Å². The van der Waals surface area contributed by atoms with E-state index in [-0.39, 0.29) is 11.2 Å². The van der Waals surface area contributed by atoms with Crippen LogP contribution in [0.1, 0.15) is 114 Å². The summed E-state index contributed by atoms with van der Waals surface area (Å²) in [5.41, 5.74) is 10.6. The molecule has 0 aromatic rings. The zero-order chi connectivity index (χ0) is 30.6. The summed E-state index contributed by atoms with van der Waals surface area (Å²) in [7, 11) is 0. The maximum atomic E-state index is 12.2. The van der Waals surface area contributed by atoms with E-state index in [1.165, 1.54) is 52.7 Å². The summed E-state index contributed by atoms with van der Waals surface area (Å²) in [4.78, 5) is 12.2. The van der Waals surface area contributed by atoms with E-state index in [0.29, 0.717) is 11.8 Å². The molecule has 0 fully saturated rings. The molecule has 222 valence electrons. The number of allylic oxidation sites excluding steroid dienone is 20. The Balaban J connectivity index is 1.85. The van der Waals surface area contributed by atoms with Crippen LogP contribution in [0.15, 0.2) is 117 Å². The van der Waals surface area contributed by atoms with Crippen LogP contribution in [-0.2, 0) is 4.79 Å². The second kappa shape index (κ2) is 15.9. The summed E-state index contributed by atoms with van der Waals surface area (Å²) < 4.78 is 0. The van der Waals surface area contributed by atoms with Crippen molar-refractivity contribution in [2.75, 3.05) is 0 Å². The first-order chi connectivity index (χ1) is 19.2. The lowest BCUT2D eigenvalue weighted by Gasteiger charge is -2.32. The molecule has 41 heavy (non-hydrogen) atoms. The van der Waals surface area contributed by atoms with Crippen LogP contribution in [0.25, 0.3) is 0 Å². The zero-order valence-corrected chi connectivity index (χ0v) is 27.8. The summed E-state index contributed by atoms with van der Waals surface area (Å²) in [6, 6.07) is 0. The third-order valence-corrected chi connectivity index (χ3v) is 8.67. The number of ketones is 1. The van der Waals surface area contributed by atoms with Gasteiger partial charge in [0.15, 0.2) is 5.78 Å². The molecule has 2 rings (SSSR count). The molecule has 0 spiro atoms. The molecular formula is C40H56O. The average Bonchev–Trinajstić information content (AvgIpc) is 2.88. The molecule has 0 amide bonds. The summed E-state index contributed by atoms with van der Waals surface area (Å²) in [6.07, 6.45) is 33.8. The summed E-state index contributed by atoms with van der Waals surface area (Å²) >= 11 is 0. The Hall–Kier alpha value is -2.93. The fourth-order valence-corrected chi connectivity index (χ4v) is 5.77. The van der Waals surface area contributed by atoms with Crippen molar-refractivity contribution in [2.24, 2.45) is 10.8 Å². The van der Waals surface area contributed by atoms with Gasteiger partial charge in [0.25, 0.3) is 0 Å². The van der Waals surface area contributed by atoms with E-state index < -0.39 is 0 Å². The molecule has 1 heteroatoms. The molecule has 2 aliphatic rings. The van der Waals surface area contributed by atoms with Crippen molar-refractivity contribution in [1.29, 1.82) is 0 Å². The van der Waals surface area contributed by atoms with Gasteiger partial charge in [-0.05, 0) is 108 Å². The molecule has 0 bridgehead atoms. The molecule has 0 saturated heterocycles. The fraction of sp³-hybridized carbons (Fsp3) is 0.475. The maximum absolute atomic E-state index is 12.2. The van der Waals surface area contributed by atoms with Crippen LogP contribution in [0.4, 0.5) is 0 Å². The SMILES string of the molecule is CC1=C(/C=C/C(C)=C/CC/C(C)=C/C=C/C=C(C)/C=C/C=C(C)/C=C/C2=C(C)C(=O)CCC2(C)C)C(C)(C)CCC1. The molecule has 0 N–H and O–H groups in total. The molecule has 2 aliphatic carbocycles. The molecule has 0 atom stereocenters. The van der Waals surface area contributed by atoms with Gasteiger partial charge in [-0.15, -0.1) is 0 Å². The van der Waals surface area contributed by atoms with Gasteiger partial charge < -0.3 is 0 Å². The van der Waals surface area contributed by atoms with E-state index in [9.17, 15) is 4.79 Å². The third kappa shape index (κ3) is 11.5. The molecule has 0 heterocycles. The number of carbonyl (C=O) groups is 1. The van der Waals surface area contributed by atoms with Crippen LogP contribution in [-0.4, -0.2) is 5.78 Å². The van der Waals surface area contributed by atoms with Gasteiger partial charge in [0.1, 0.15) is 0 Å². The van der Waals surface area contributed by atoms with Crippen molar-refractivity contribution in [3.8, 4) is 0 Å². The minimum atomic E-state index is 0.0549. The van der Waals surface area contributed by atoms with Crippen molar-refractivity contribution in [3.63, 3.8) is 0 Å². The molecule has 0 radical (unpaired) electrons. The van der Waals surface area contributed by atoms with Gasteiger partial charge >= 0.3 is 0 Å². The van der Waals surface area contributed by atoms with Crippen molar-refractivity contribution in [3.05, 3.63) is 117 Å². The number of carbonyl (C=O) groups excluding carboxylic acids is 1. The van der Waals surface area contributed by atoms with Crippen LogP contribution < -0.4 is 0 Å². The van der Waals surface area contributed by atoms with Gasteiger partial charge in [0, 0.05) is 6.42 Å². The van der Waals surface area contributed by atoms with Crippen LogP contribution >= 0.6 is 0 Å². The first kappa shape index (κ1) is 34.3. The van der Waals surface area contributed by atoms with E-state index in [1.54, 1.807) is 5.57 Å². The van der Waals surface area contributed by atoms with Gasteiger partial charge in [-0.3, -0.25) is 4.79 Å². The molecule has 0 aliphatic heterocycles. The molecule has 1 nitrogen and oxygen atoms in total. The Morgan fingerprint density at radius 2 is 1.29 bits per heavy atom. The number of rotatable bonds is 11. The van der Waals surface area contributed by atoms with E-state index in [1.807, 2.05) is 6.92 Å². The Bertz CT molecular complexity index is 1250. The van der Waals surface area contributed by atoms with Crippen molar-refractivity contribution < 1.29 is 4.79 Å². The van der Waals surface area contributed by atoms with E-state index >= 15 is 0 Å². The van der Waals surface area contributed by atoms with Gasteiger partial charge in [-0.25, -0.2) is 0 Å². The fourth-order valence-electron chi connectivity index (χ4n) is 5.77. The lowest BCUT2D eigenvalue weighted by molar-refractivity contribution is -0.116. The Morgan fingerprint density at radius 3 is 2.00 bits per heavy atom. The Morgan fingerprint density at radius 1 is 0.707 bits per heavy atom. The van der Waals surface area contributed by atoms with Crippen molar-refractivity contribution in [2.45, 2.75) is 114 Å². The molecule has 0 aromatic heterocycles. The minimum absolute atomic E-state index is 0.0549. The highest BCUT2D eigenvalue weighted by molar-refractivity contribution is 5.97. The van der Waals surface area contributed by atoms with E-state index in [4.69, 9.17) is 0 Å². The van der Waals surface area contributed by atoms with Gasteiger partial charge in [0.05, 0.1) is 0 Å². The summed E-state index contributed by atoms with van der Waals surface area (Å²) in [5.74, 6) is 0.284. The molecule has 0 saturated carbocycles. The lowest BCUT2D eigenvalue weighted by Crippen LogP contribution is -2.24. The van der Waals surface area contributed by atoms with E-state index in [0.717, 1.165) is 24.8 Å². The number of hydrogen-bond acceptors (Lipinski definition) is 1. The van der Waals surface area contributed by atoms with Crippen LogP contribution in [0.3, 0.4) is 0 Å². The highest BCUT2D eigenvalue weighted by Gasteiger charge is 2.30. The zero-order valence-electron chi connectivity index (χ0n) is 27.8. The minimum Gasteiger partial charge on any atom is -0.295 e. The quantitative estimate of drug-likeness (QED) is 0.233. The summed E-state index contributed by atoms with van der Waals surface area (Å²) in [5, 5.41) is 0. The van der Waals surface area contributed by atoms with Gasteiger partial charge in [0.2, 0.25) is 0 Å². The summed E-state index contributed by atoms with van der Waals surface area (Å²) in [6.45, 7) is 22.1. The smallest absolute Gasteiger partial charge is 0.158 e. The highest BCUT2D eigenvalue weighted by Crippen LogP contribution is 2.41. The number of hydrogen-bond donors (Lipinski definition) is 0. The van der Waals surface area contributed by atoms with Gasteiger partial charge in [-0.1, -0.05) is 128 Å². The third-order valence-electron chi connectivity index (χ3n) is 8.67.